The summed E-state index contributed by atoms with van der Waals surface area (Å²) in [6.45, 7) is 1.75. The summed E-state index contributed by atoms with van der Waals surface area (Å²) in [5, 5.41) is 10.2. The molecule has 1 atom stereocenters. The van der Waals surface area contributed by atoms with Gasteiger partial charge < -0.3 is 19.3 Å². The van der Waals surface area contributed by atoms with Crippen LogP contribution in [0.5, 0.6) is 11.5 Å². The number of aliphatic hydroxyl groups is 1. The minimum Gasteiger partial charge on any atom is -0.497 e. The maximum absolute atomic E-state index is 14.3. The van der Waals surface area contributed by atoms with Gasteiger partial charge in [0.05, 0.1) is 32.3 Å². The van der Waals surface area contributed by atoms with Crippen molar-refractivity contribution < 1.29 is 33.3 Å². The Labute approximate surface area is 185 Å². The lowest BCUT2D eigenvalue weighted by Gasteiger charge is -2.13. The molecule has 32 heavy (non-hydrogen) atoms. The molecule has 3 rings (SSSR count). The zero-order valence-corrected chi connectivity index (χ0v) is 17.9. The van der Waals surface area contributed by atoms with Gasteiger partial charge in [-0.3, -0.25) is 4.79 Å². The Morgan fingerprint density at radius 1 is 1.03 bits per heavy atom. The molecule has 0 saturated carbocycles. The van der Waals surface area contributed by atoms with Gasteiger partial charge in [-0.1, -0.05) is 18.2 Å². The molecule has 0 heterocycles. The monoisotopic (exact) mass is 438 g/mol. The Morgan fingerprint density at radius 3 is 2.50 bits per heavy atom. The second kappa shape index (κ2) is 10.1. The fourth-order valence-corrected chi connectivity index (χ4v) is 3.17. The van der Waals surface area contributed by atoms with Gasteiger partial charge in [0.2, 0.25) is 0 Å². The highest BCUT2D eigenvalue weighted by molar-refractivity contribution is 5.91. The summed E-state index contributed by atoms with van der Waals surface area (Å²) in [5.74, 6) is -0.724. The highest BCUT2D eigenvalue weighted by Crippen LogP contribution is 2.31. The van der Waals surface area contributed by atoms with Gasteiger partial charge in [0.1, 0.15) is 17.3 Å². The topological polar surface area (TPSA) is 82.1 Å². The zero-order chi connectivity index (χ0) is 23.3. The van der Waals surface area contributed by atoms with Crippen LogP contribution in [0.25, 0.3) is 11.1 Å². The molecular weight excluding hydrogens is 415 g/mol. The highest BCUT2D eigenvalue weighted by atomic mass is 19.1. The molecule has 0 saturated heterocycles. The number of aliphatic hydroxyl groups excluding tert-OH is 1. The molecule has 166 valence electrons. The molecule has 0 amide bonds. The van der Waals surface area contributed by atoms with Crippen LogP contribution in [0.1, 0.15) is 34.0 Å². The number of benzene rings is 3. The SMILES string of the molecule is COC(=O)C[C@@H](O)c1cccc(C(=O)Oc2ccc(-c3cc(OC)ccc3F)cc2C)c1. The highest BCUT2D eigenvalue weighted by Gasteiger charge is 2.17. The number of carbonyl (C=O) groups is 2. The molecule has 7 heteroatoms. The molecule has 1 N–H and O–H groups in total. The largest absolute Gasteiger partial charge is 0.497 e. The first-order valence-electron chi connectivity index (χ1n) is 9.84. The molecule has 0 unspecified atom stereocenters. The molecular formula is C25H23FO6. The van der Waals surface area contributed by atoms with Gasteiger partial charge in [0, 0.05) is 5.56 Å². The van der Waals surface area contributed by atoms with E-state index < -0.39 is 23.9 Å². The predicted molar refractivity (Wildman–Crippen MR) is 116 cm³/mol. The lowest BCUT2D eigenvalue weighted by atomic mass is 10.0. The van der Waals surface area contributed by atoms with Crippen LogP contribution >= 0.6 is 0 Å². The van der Waals surface area contributed by atoms with E-state index in [-0.39, 0.29) is 12.0 Å². The van der Waals surface area contributed by atoms with E-state index in [1.165, 1.54) is 32.4 Å². The molecule has 0 aromatic heterocycles. The van der Waals surface area contributed by atoms with E-state index in [0.717, 1.165) is 0 Å². The Balaban J connectivity index is 1.79. The lowest BCUT2D eigenvalue weighted by Crippen LogP contribution is -2.12. The third kappa shape index (κ3) is 5.31. The summed E-state index contributed by atoms with van der Waals surface area (Å²) in [5.41, 5.74) is 2.24. The maximum Gasteiger partial charge on any atom is 0.343 e. The van der Waals surface area contributed by atoms with Crippen LogP contribution in [-0.4, -0.2) is 31.3 Å². The molecule has 0 fully saturated rings. The summed E-state index contributed by atoms with van der Waals surface area (Å²) in [6, 6.07) is 15.6. The number of hydrogen-bond acceptors (Lipinski definition) is 6. The van der Waals surface area contributed by atoms with E-state index in [4.69, 9.17) is 9.47 Å². The minimum atomic E-state index is -1.10. The van der Waals surface area contributed by atoms with Crippen LogP contribution in [-0.2, 0) is 9.53 Å². The van der Waals surface area contributed by atoms with E-state index in [1.807, 2.05) is 0 Å². The third-order valence-corrected chi connectivity index (χ3v) is 4.96. The van der Waals surface area contributed by atoms with Crippen molar-refractivity contribution in [2.24, 2.45) is 0 Å². The first kappa shape index (κ1) is 23.0. The Kier molecular flexibility index (Phi) is 7.22. The van der Waals surface area contributed by atoms with Crippen molar-refractivity contribution in [3.63, 3.8) is 0 Å². The molecule has 3 aromatic rings. The van der Waals surface area contributed by atoms with Crippen molar-refractivity contribution in [2.75, 3.05) is 14.2 Å². The van der Waals surface area contributed by atoms with Crippen molar-refractivity contribution in [1.29, 1.82) is 0 Å². The number of halogens is 1. The Morgan fingerprint density at radius 2 is 1.81 bits per heavy atom. The number of aryl methyl sites for hydroxylation is 1. The smallest absolute Gasteiger partial charge is 0.343 e. The molecule has 0 bridgehead atoms. The van der Waals surface area contributed by atoms with Gasteiger partial charge in [-0.25, -0.2) is 9.18 Å². The van der Waals surface area contributed by atoms with Crippen LogP contribution in [0.4, 0.5) is 4.39 Å². The van der Waals surface area contributed by atoms with Crippen LogP contribution in [0.2, 0.25) is 0 Å². The molecule has 6 nitrogen and oxygen atoms in total. The van der Waals surface area contributed by atoms with E-state index in [0.29, 0.717) is 33.8 Å². The van der Waals surface area contributed by atoms with Crippen molar-refractivity contribution in [3.8, 4) is 22.6 Å². The normalized spacial score (nSPS) is 11.5. The van der Waals surface area contributed by atoms with Crippen LogP contribution in [0, 0.1) is 12.7 Å². The Hall–Kier alpha value is -3.71. The predicted octanol–water partition coefficient (Wildman–Crippen LogP) is 4.63. The lowest BCUT2D eigenvalue weighted by molar-refractivity contribution is -0.142. The van der Waals surface area contributed by atoms with Gasteiger partial charge in [0.15, 0.2) is 0 Å². The molecule has 3 aromatic carbocycles. The molecule has 0 aliphatic heterocycles. The Bertz CT molecular complexity index is 1140. The van der Waals surface area contributed by atoms with Crippen molar-refractivity contribution in [2.45, 2.75) is 19.4 Å². The van der Waals surface area contributed by atoms with Gasteiger partial charge in [-0.15, -0.1) is 0 Å². The number of esters is 2. The van der Waals surface area contributed by atoms with Crippen molar-refractivity contribution in [1.82, 2.24) is 0 Å². The van der Waals surface area contributed by atoms with Crippen molar-refractivity contribution >= 4 is 11.9 Å². The van der Waals surface area contributed by atoms with Crippen molar-refractivity contribution in [3.05, 3.63) is 83.2 Å². The zero-order valence-electron chi connectivity index (χ0n) is 17.9. The summed E-state index contributed by atoms with van der Waals surface area (Å²) < 4.78 is 29.5. The number of methoxy groups -OCH3 is 2. The number of ether oxygens (including phenoxy) is 3. The quantitative estimate of drug-likeness (QED) is 0.428. The third-order valence-electron chi connectivity index (χ3n) is 4.96. The van der Waals surface area contributed by atoms with E-state index in [2.05, 4.69) is 4.74 Å². The standard InChI is InChI=1S/C25H23FO6/c1-15-11-16(20-13-19(30-2)8-9-21(20)26)7-10-23(15)32-25(29)18-6-4-5-17(12-18)22(27)14-24(28)31-3/h4-13,22,27H,14H2,1-3H3/t22-/m1/s1. The van der Waals surface area contributed by atoms with E-state index >= 15 is 0 Å². The van der Waals surface area contributed by atoms with Crippen LogP contribution < -0.4 is 9.47 Å². The number of hydrogen-bond donors (Lipinski definition) is 1. The van der Waals surface area contributed by atoms with E-state index in [9.17, 15) is 19.1 Å². The molecule has 0 aliphatic rings. The number of rotatable bonds is 7. The fourth-order valence-electron chi connectivity index (χ4n) is 3.17. The molecule has 0 aliphatic carbocycles. The average molecular weight is 438 g/mol. The summed E-state index contributed by atoms with van der Waals surface area (Å²) >= 11 is 0. The summed E-state index contributed by atoms with van der Waals surface area (Å²) in [4.78, 5) is 24.0. The van der Waals surface area contributed by atoms with Gasteiger partial charge in [-0.2, -0.15) is 0 Å². The van der Waals surface area contributed by atoms with Gasteiger partial charge in [-0.05, 0) is 66.1 Å². The number of carbonyl (C=O) groups excluding carboxylic acids is 2. The molecule has 0 radical (unpaired) electrons. The van der Waals surface area contributed by atoms with Crippen LogP contribution in [0.3, 0.4) is 0 Å². The van der Waals surface area contributed by atoms with Gasteiger partial charge >= 0.3 is 11.9 Å². The maximum atomic E-state index is 14.3. The first-order chi connectivity index (χ1) is 15.3. The second-order valence-electron chi connectivity index (χ2n) is 7.14. The average Bonchev–Trinajstić information content (AvgIpc) is 2.80. The summed E-state index contributed by atoms with van der Waals surface area (Å²) in [7, 11) is 2.74. The molecule has 0 spiro atoms. The first-order valence-corrected chi connectivity index (χ1v) is 9.84. The minimum absolute atomic E-state index is 0.216. The van der Waals surface area contributed by atoms with E-state index in [1.54, 1.807) is 49.4 Å². The van der Waals surface area contributed by atoms with Crippen LogP contribution in [0.15, 0.2) is 60.7 Å². The summed E-state index contributed by atoms with van der Waals surface area (Å²) in [6.07, 6.45) is -1.33. The second-order valence-corrected chi connectivity index (χ2v) is 7.14. The fraction of sp³-hybridized carbons (Fsp3) is 0.200. The van der Waals surface area contributed by atoms with Gasteiger partial charge in [0.25, 0.3) is 0 Å².